The highest BCUT2D eigenvalue weighted by Gasteiger charge is 2.19. The van der Waals surface area contributed by atoms with Crippen LogP contribution in [-0.4, -0.2) is 34.4 Å². The summed E-state index contributed by atoms with van der Waals surface area (Å²) in [7, 11) is 0. The Bertz CT molecular complexity index is 515. The van der Waals surface area contributed by atoms with Crippen molar-refractivity contribution < 1.29 is 10.0 Å². The van der Waals surface area contributed by atoms with Gasteiger partial charge in [-0.2, -0.15) is 0 Å². The zero-order valence-corrected chi connectivity index (χ0v) is 13.5. The molecule has 0 spiro atoms. The van der Waals surface area contributed by atoms with E-state index in [0.29, 0.717) is 18.5 Å². The average molecular weight is 342 g/mol. The quantitative estimate of drug-likeness (QED) is 0.374. The van der Waals surface area contributed by atoms with Crippen LogP contribution in [0, 0.1) is 6.92 Å². The Morgan fingerprint density at radius 1 is 1.50 bits per heavy atom. The van der Waals surface area contributed by atoms with Crippen LogP contribution in [-0.2, 0) is 0 Å². The second-order valence-electron chi connectivity index (χ2n) is 4.90. The van der Waals surface area contributed by atoms with Crippen molar-refractivity contribution in [1.82, 2.24) is 4.90 Å². The first kappa shape index (κ1) is 16.5. The van der Waals surface area contributed by atoms with Crippen LogP contribution >= 0.6 is 15.9 Å². The summed E-state index contributed by atoms with van der Waals surface area (Å²) in [6.45, 7) is 6.26. The van der Waals surface area contributed by atoms with Crippen LogP contribution in [0.15, 0.2) is 27.8 Å². The van der Waals surface area contributed by atoms with Gasteiger partial charge in [0, 0.05) is 29.0 Å². The number of hydrogen-bond donors (Lipinski definition) is 2. The second-order valence-corrected chi connectivity index (χ2v) is 5.75. The van der Waals surface area contributed by atoms with Gasteiger partial charge in [0.1, 0.15) is 5.84 Å². The maximum Gasteiger partial charge on any atom is 0.254 e. The summed E-state index contributed by atoms with van der Waals surface area (Å²) in [5, 5.41) is 11.5. The molecule has 0 saturated carbocycles. The molecule has 3 N–H and O–H groups in total. The first-order chi connectivity index (χ1) is 9.36. The summed E-state index contributed by atoms with van der Waals surface area (Å²) in [5.74, 6) is 0.0555. The molecule has 0 radical (unpaired) electrons. The third kappa shape index (κ3) is 4.23. The van der Waals surface area contributed by atoms with E-state index in [2.05, 4.69) is 21.1 Å². The number of hydrogen-bond acceptors (Lipinski definition) is 3. The van der Waals surface area contributed by atoms with Gasteiger partial charge in [0.05, 0.1) is 0 Å². The van der Waals surface area contributed by atoms with E-state index in [1.807, 2.05) is 32.9 Å². The van der Waals surface area contributed by atoms with Gasteiger partial charge in [-0.15, -0.1) is 0 Å². The van der Waals surface area contributed by atoms with Crippen LogP contribution in [0.2, 0.25) is 0 Å². The summed E-state index contributed by atoms with van der Waals surface area (Å²) in [5.41, 5.74) is 7.16. The molecule has 0 fully saturated rings. The highest BCUT2D eigenvalue weighted by atomic mass is 79.9. The normalized spacial score (nSPS) is 11.8. The summed E-state index contributed by atoms with van der Waals surface area (Å²) in [6, 6.07) is 5.56. The molecule has 1 aromatic carbocycles. The van der Waals surface area contributed by atoms with Crippen LogP contribution in [0.25, 0.3) is 0 Å². The Hall–Kier alpha value is -1.56. The van der Waals surface area contributed by atoms with Crippen molar-refractivity contribution >= 4 is 27.7 Å². The molecular formula is C14H20BrN3O2. The molecule has 0 atom stereocenters. The zero-order chi connectivity index (χ0) is 15.3. The molecule has 0 aliphatic carbocycles. The van der Waals surface area contributed by atoms with E-state index in [1.165, 1.54) is 0 Å². The monoisotopic (exact) mass is 341 g/mol. The predicted molar refractivity (Wildman–Crippen MR) is 83.1 cm³/mol. The molecule has 0 aliphatic rings. The van der Waals surface area contributed by atoms with E-state index in [4.69, 9.17) is 10.9 Å². The van der Waals surface area contributed by atoms with Gasteiger partial charge in [-0.3, -0.25) is 4.79 Å². The number of amides is 1. The van der Waals surface area contributed by atoms with Crippen molar-refractivity contribution in [2.45, 2.75) is 33.2 Å². The van der Waals surface area contributed by atoms with E-state index >= 15 is 0 Å². The third-order valence-corrected chi connectivity index (χ3v) is 3.89. The minimum Gasteiger partial charge on any atom is -0.409 e. The Labute approximate surface area is 127 Å². The fraction of sp³-hybridized carbons (Fsp3) is 0.429. The smallest absolute Gasteiger partial charge is 0.254 e. The van der Waals surface area contributed by atoms with E-state index in [1.54, 1.807) is 11.0 Å². The van der Waals surface area contributed by atoms with Gasteiger partial charge in [-0.25, -0.2) is 0 Å². The lowest BCUT2D eigenvalue weighted by molar-refractivity contribution is 0.0711. The molecule has 1 amide bonds. The van der Waals surface area contributed by atoms with Crippen molar-refractivity contribution in [2.24, 2.45) is 10.9 Å². The first-order valence-electron chi connectivity index (χ1n) is 6.40. The van der Waals surface area contributed by atoms with Crippen LogP contribution in [0.3, 0.4) is 0 Å². The molecule has 5 nitrogen and oxygen atoms in total. The van der Waals surface area contributed by atoms with Gasteiger partial charge in [-0.05, 0) is 38.5 Å². The van der Waals surface area contributed by atoms with Crippen LogP contribution in [0.1, 0.15) is 36.2 Å². The molecule has 0 saturated heterocycles. The zero-order valence-electron chi connectivity index (χ0n) is 11.9. The summed E-state index contributed by atoms with van der Waals surface area (Å²) >= 11 is 3.43. The Kier molecular flexibility index (Phi) is 6.01. The van der Waals surface area contributed by atoms with Crippen molar-refractivity contribution in [1.29, 1.82) is 0 Å². The third-order valence-electron chi connectivity index (χ3n) is 3.04. The number of nitrogens with two attached hydrogens (primary N) is 1. The lowest BCUT2D eigenvalue weighted by Gasteiger charge is -2.26. The number of nitrogens with zero attached hydrogens (tertiary/aromatic N) is 2. The van der Waals surface area contributed by atoms with Crippen LogP contribution in [0.4, 0.5) is 0 Å². The molecule has 0 heterocycles. The second kappa shape index (κ2) is 7.28. The van der Waals surface area contributed by atoms with Gasteiger partial charge in [0.15, 0.2) is 0 Å². The average Bonchev–Trinajstić information content (AvgIpc) is 2.41. The number of halogens is 1. The fourth-order valence-corrected chi connectivity index (χ4v) is 2.15. The van der Waals surface area contributed by atoms with E-state index in [0.717, 1.165) is 10.0 Å². The van der Waals surface area contributed by atoms with Gasteiger partial charge in [0.25, 0.3) is 5.91 Å². The number of carbonyl (C=O) groups excluding carboxylic acids is 1. The SMILES string of the molecule is Cc1ccc(C(=O)N(CC/C(N)=N/O)C(C)C)cc1Br. The maximum atomic E-state index is 12.5. The molecule has 20 heavy (non-hydrogen) atoms. The number of amidine groups is 1. The van der Waals surface area contributed by atoms with E-state index in [9.17, 15) is 4.79 Å². The number of carbonyl (C=O) groups is 1. The molecule has 6 heteroatoms. The Morgan fingerprint density at radius 2 is 2.15 bits per heavy atom. The van der Waals surface area contributed by atoms with E-state index < -0.39 is 0 Å². The minimum absolute atomic E-state index is 0.0362. The van der Waals surface area contributed by atoms with Gasteiger partial charge < -0.3 is 15.8 Å². The number of oxime groups is 1. The van der Waals surface area contributed by atoms with Crippen LogP contribution in [0.5, 0.6) is 0 Å². The molecule has 1 aromatic rings. The fourth-order valence-electron chi connectivity index (χ4n) is 1.77. The molecule has 0 bridgehead atoms. The van der Waals surface area contributed by atoms with Crippen LogP contribution < -0.4 is 5.73 Å². The summed E-state index contributed by atoms with van der Waals surface area (Å²) < 4.78 is 0.906. The number of benzene rings is 1. The minimum atomic E-state index is -0.0635. The first-order valence-corrected chi connectivity index (χ1v) is 7.19. The van der Waals surface area contributed by atoms with Crippen molar-refractivity contribution in [3.05, 3.63) is 33.8 Å². The van der Waals surface area contributed by atoms with E-state index in [-0.39, 0.29) is 17.8 Å². The lowest BCUT2D eigenvalue weighted by atomic mass is 10.1. The number of aryl methyl sites for hydroxylation is 1. The molecule has 1 rings (SSSR count). The largest absolute Gasteiger partial charge is 0.409 e. The highest BCUT2D eigenvalue weighted by Crippen LogP contribution is 2.19. The standard InChI is InChI=1S/C14H20BrN3O2/c1-9(2)18(7-6-13(16)17-20)14(19)11-5-4-10(3)12(15)8-11/h4-5,8-9,20H,6-7H2,1-3H3,(H2,16,17). The molecular weight excluding hydrogens is 322 g/mol. The van der Waals surface area contributed by atoms with Crippen molar-refractivity contribution in [2.75, 3.05) is 6.54 Å². The van der Waals surface area contributed by atoms with Crippen molar-refractivity contribution in [3.8, 4) is 0 Å². The Balaban J connectivity index is 2.90. The van der Waals surface area contributed by atoms with Gasteiger partial charge in [0.2, 0.25) is 0 Å². The van der Waals surface area contributed by atoms with Gasteiger partial charge in [-0.1, -0.05) is 27.2 Å². The molecule has 0 aromatic heterocycles. The summed E-state index contributed by atoms with van der Waals surface area (Å²) in [4.78, 5) is 14.2. The molecule has 0 aliphatic heterocycles. The predicted octanol–water partition coefficient (Wildman–Crippen LogP) is 2.74. The van der Waals surface area contributed by atoms with Crippen molar-refractivity contribution in [3.63, 3.8) is 0 Å². The highest BCUT2D eigenvalue weighted by molar-refractivity contribution is 9.10. The summed E-state index contributed by atoms with van der Waals surface area (Å²) in [6.07, 6.45) is 0.341. The topological polar surface area (TPSA) is 78.9 Å². The molecule has 0 unspecified atom stereocenters. The maximum absolute atomic E-state index is 12.5. The molecule has 110 valence electrons. The lowest BCUT2D eigenvalue weighted by Crippen LogP contribution is -2.39. The Morgan fingerprint density at radius 3 is 2.65 bits per heavy atom. The number of rotatable bonds is 5. The van der Waals surface area contributed by atoms with Gasteiger partial charge >= 0.3 is 0 Å².